The molecule has 37 heavy (non-hydrogen) atoms. The maximum absolute atomic E-state index is 13.2. The summed E-state index contributed by atoms with van der Waals surface area (Å²) in [7, 11) is 4.46. The van der Waals surface area contributed by atoms with Gasteiger partial charge in [0.2, 0.25) is 5.91 Å². The fourth-order valence-corrected chi connectivity index (χ4v) is 5.23. The van der Waals surface area contributed by atoms with Crippen molar-refractivity contribution in [2.24, 2.45) is 4.99 Å². The number of hydrogen-bond donors (Lipinski definition) is 1. The van der Waals surface area contributed by atoms with E-state index in [1.165, 1.54) is 31.0 Å². The Balaban J connectivity index is 1.69. The second-order valence-corrected chi connectivity index (χ2v) is 9.12. The summed E-state index contributed by atoms with van der Waals surface area (Å²) in [6, 6.07) is 10.7. The number of ether oxygens (including phenoxy) is 3. The summed E-state index contributed by atoms with van der Waals surface area (Å²) in [6.45, 7) is 2.19. The minimum absolute atomic E-state index is 0.0475. The zero-order chi connectivity index (χ0) is 26.5. The maximum atomic E-state index is 13.2. The van der Waals surface area contributed by atoms with Gasteiger partial charge in [-0.3, -0.25) is 4.79 Å². The first-order chi connectivity index (χ1) is 17.9. The average molecular weight is 526 g/mol. The molecule has 2 aromatic rings. The fourth-order valence-electron chi connectivity index (χ4n) is 4.29. The smallest absolute Gasteiger partial charge is 0.338 e. The number of hydrogen-bond acceptors (Lipinski definition) is 8. The highest BCUT2D eigenvalue weighted by molar-refractivity contribution is 8.16. The van der Waals surface area contributed by atoms with Gasteiger partial charge >= 0.3 is 5.97 Å². The monoisotopic (exact) mass is 525 g/mol. The Morgan fingerprint density at radius 2 is 1.86 bits per heavy atom. The number of rotatable bonds is 9. The van der Waals surface area contributed by atoms with Gasteiger partial charge in [0.15, 0.2) is 5.17 Å². The summed E-state index contributed by atoms with van der Waals surface area (Å²) >= 11 is 1.39. The number of aliphatic imine (C=N–C) groups is 1. The van der Waals surface area contributed by atoms with E-state index in [1.807, 2.05) is 23.3 Å². The highest BCUT2D eigenvalue weighted by atomic mass is 32.2. The number of fused-ring (bicyclic) bond motifs is 1. The van der Waals surface area contributed by atoms with Gasteiger partial charge < -0.3 is 24.4 Å². The molecular formula is C27H28FN3O5S. The van der Waals surface area contributed by atoms with Crippen LogP contribution in [-0.4, -0.2) is 43.3 Å². The molecule has 2 aliphatic heterocycles. The van der Waals surface area contributed by atoms with Crippen molar-refractivity contribution in [1.82, 2.24) is 10.2 Å². The first-order valence-corrected chi connectivity index (χ1v) is 12.6. The fraction of sp³-hybridized carbons (Fsp3) is 0.296. The van der Waals surface area contributed by atoms with Gasteiger partial charge in [0.1, 0.15) is 17.3 Å². The number of carbonyl (C=O) groups is 2. The number of carbonyl (C=O) groups excluding carboxylic acids is 2. The quantitative estimate of drug-likeness (QED) is 0.475. The Morgan fingerprint density at radius 3 is 2.51 bits per heavy atom. The number of nitrogens with one attached hydrogen (secondary N) is 1. The van der Waals surface area contributed by atoms with Crippen LogP contribution >= 0.6 is 11.8 Å². The summed E-state index contributed by atoms with van der Waals surface area (Å²) in [5.41, 5.74) is 3.12. The van der Waals surface area contributed by atoms with Crippen LogP contribution in [0.3, 0.4) is 0 Å². The molecule has 0 fully saturated rings. The van der Waals surface area contributed by atoms with Gasteiger partial charge in [0, 0.05) is 17.8 Å². The second kappa shape index (κ2) is 11.5. The lowest BCUT2D eigenvalue weighted by atomic mass is 9.92. The summed E-state index contributed by atoms with van der Waals surface area (Å²) < 4.78 is 29.5. The number of benzene rings is 2. The van der Waals surface area contributed by atoms with Crippen molar-refractivity contribution in [3.05, 3.63) is 81.8 Å². The molecule has 1 amide bonds. The van der Waals surface area contributed by atoms with E-state index < -0.39 is 12.0 Å². The van der Waals surface area contributed by atoms with Gasteiger partial charge in [-0.1, -0.05) is 30.8 Å². The van der Waals surface area contributed by atoms with Crippen molar-refractivity contribution in [3.63, 3.8) is 0 Å². The number of esters is 1. The van der Waals surface area contributed by atoms with Crippen LogP contribution in [0.5, 0.6) is 11.5 Å². The molecule has 0 radical (unpaired) electrons. The number of allylic oxidation sites excluding steroid dienone is 1. The summed E-state index contributed by atoms with van der Waals surface area (Å²) in [5.74, 6) is 0.0859. The van der Waals surface area contributed by atoms with Crippen molar-refractivity contribution < 1.29 is 28.2 Å². The minimum Gasteiger partial charge on any atom is -0.497 e. The summed E-state index contributed by atoms with van der Waals surface area (Å²) in [5, 5.41) is 5.39. The molecule has 0 aliphatic carbocycles. The Bertz CT molecular complexity index is 1290. The molecule has 2 aromatic carbocycles. The van der Waals surface area contributed by atoms with Gasteiger partial charge in [-0.05, 0) is 47.7 Å². The van der Waals surface area contributed by atoms with Crippen molar-refractivity contribution in [2.75, 3.05) is 21.3 Å². The number of nitrogens with zero attached hydrogens (tertiary/aromatic N) is 2. The van der Waals surface area contributed by atoms with Gasteiger partial charge in [-0.2, -0.15) is 0 Å². The van der Waals surface area contributed by atoms with E-state index in [9.17, 15) is 14.0 Å². The molecule has 0 saturated carbocycles. The van der Waals surface area contributed by atoms with Crippen molar-refractivity contribution >= 4 is 28.8 Å². The predicted molar refractivity (Wildman–Crippen MR) is 139 cm³/mol. The first kappa shape index (κ1) is 26.3. The van der Waals surface area contributed by atoms with E-state index in [0.29, 0.717) is 45.6 Å². The number of thioether (sulfide) groups is 1. The van der Waals surface area contributed by atoms with Crippen molar-refractivity contribution in [2.45, 2.75) is 32.4 Å². The lowest BCUT2D eigenvalue weighted by molar-refractivity contribution is -0.136. The van der Waals surface area contributed by atoms with E-state index >= 15 is 0 Å². The average Bonchev–Trinajstić information content (AvgIpc) is 3.32. The number of amidine groups is 1. The molecule has 194 valence electrons. The van der Waals surface area contributed by atoms with E-state index in [0.717, 1.165) is 5.56 Å². The molecule has 0 spiro atoms. The van der Waals surface area contributed by atoms with Crippen molar-refractivity contribution in [3.8, 4) is 11.5 Å². The molecule has 0 unspecified atom stereocenters. The van der Waals surface area contributed by atoms with Crippen LogP contribution in [-0.2, 0) is 20.9 Å². The van der Waals surface area contributed by atoms with Crippen LogP contribution < -0.4 is 14.8 Å². The highest BCUT2D eigenvalue weighted by Gasteiger charge is 2.42. The Kier molecular flexibility index (Phi) is 8.17. The largest absolute Gasteiger partial charge is 0.497 e. The minimum atomic E-state index is -0.647. The predicted octanol–water partition coefficient (Wildman–Crippen LogP) is 4.69. The molecule has 4 rings (SSSR count). The number of halogens is 1. The van der Waals surface area contributed by atoms with Crippen LogP contribution in [0, 0.1) is 5.82 Å². The van der Waals surface area contributed by atoms with Gasteiger partial charge in [-0.15, -0.1) is 0 Å². The molecule has 0 saturated heterocycles. The third kappa shape index (κ3) is 5.48. The molecule has 2 heterocycles. The zero-order valence-electron chi connectivity index (χ0n) is 21.0. The second-order valence-electron chi connectivity index (χ2n) is 8.29. The SMILES string of the molecule is CCC1=C(C(=O)OC)[C@H](c2cc(OC)ccc2OC)N2C(CC(=O)NCc3ccc(F)cc3)=CSC2=N1. The van der Waals surface area contributed by atoms with Gasteiger partial charge in [0.05, 0.1) is 45.1 Å². The zero-order valence-corrected chi connectivity index (χ0v) is 21.9. The lowest BCUT2D eigenvalue weighted by Crippen LogP contribution is -2.38. The van der Waals surface area contributed by atoms with Crippen LogP contribution in [0.1, 0.15) is 36.9 Å². The third-order valence-electron chi connectivity index (χ3n) is 6.11. The molecular weight excluding hydrogens is 497 g/mol. The Morgan fingerprint density at radius 1 is 1.11 bits per heavy atom. The van der Waals surface area contributed by atoms with Crippen molar-refractivity contribution in [1.29, 1.82) is 0 Å². The number of amides is 1. The maximum Gasteiger partial charge on any atom is 0.338 e. The van der Waals surface area contributed by atoms with Gasteiger partial charge in [-0.25, -0.2) is 14.2 Å². The first-order valence-electron chi connectivity index (χ1n) is 11.7. The topological polar surface area (TPSA) is 89.5 Å². The third-order valence-corrected chi connectivity index (χ3v) is 6.99. The normalized spacial score (nSPS) is 16.6. The van der Waals surface area contributed by atoms with Crippen LogP contribution in [0.15, 0.2) is 69.8 Å². The van der Waals surface area contributed by atoms with E-state index in [1.54, 1.807) is 38.5 Å². The molecule has 2 aliphatic rings. The van der Waals surface area contributed by atoms with Crippen LogP contribution in [0.2, 0.25) is 0 Å². The number of methoxy groups -OCH3 is 3. The molecule has 10 heteroatoms. The molecule has 1 atom stereocenters. The Hall–Kier alpha value is -3.79. The molecule has 8 nitrogen and oxygen atoms in total. The van der Waals surface area contributed by atoms with Crippen LogP contribution in [0.25, 0.3) is 0 Å². The molecule has 0 aromatic heterocycles. The van der Waals surface area contributed by atoms with Crippen LogP contribution in [0.4, 0.5) is 4.39 Å². The molecule has 1 N–H and O–H groups in total. The molecule has 0 bridgehead atoms. The van der Waals surface area contributed by atoms with E-state index in [2.05, 4.69) is 5.32 Å². The van der Waals surface area contributed by atoms with Gasteiger partial charge in [0.25, 0.3) is 0 Å². The standard InChI is InChI=1S/C27H28FN3O5S/c1-5-21-24(26(33)36-4)25(20-13-19(34-2)10-11-22(20)35-3)31-18(15-37-27(31)30-21)12-23(32)29-14-16-6-8-17(28)9-7-16/h6-11,13,15,25H,5,12,14H2,1-4H3,(H,29,32)/t25-/m0/s1. The van der Waals surface area contributed by atoms with E-state index in [-0.39, 0.29) is 24.7 Å². The lowest BCUT2D eigenvalue weighted by Gasteiger charge is -2.37. The highest BCUT2D eigenvalue weighted by Crippen LogP contribution is 2.48. The summed E-state index contributed by atoms with van der Waals surface area (Å²) in [4.78, 5) is 32.6. The summed E-state index contributed by atoms with van der Waals surface area (Å²) in [6.07, 6.45) is 0.560. The Labute approximate surface area is 219 Å². The van der Waals surface area contributed by atoms with E-state index in [4.69, 9.17) is 19.2 Å².